The van der Waals surface area contributed by atoms with Crippen molar-refractivity contribution >= 4 is 11.9 Å². The second kappa shape index (κ2) is 8.15. The highest BCUT2D eigenvalue weighted by Crippen LogP contribution is 2.53. The molecule has 1 aliphatic carbocycles. The maximum absolute atomic E-state index is 12.4. The summed E-state index contributed by atoms with van der Waals surface area (Å²) in [6, 6.07) is 8.15. The number of fused-ring (bicyclic) bond motifs is 2. The van der Waals surface area contributed by atoms with E-state index in [4.69, 9.17) is 9.47 Å². The molecule has 194 valence electrons. The molecule has 0 spiro atoms. The van der Waals surface area contributed by atoms with Gasteiger partial charge in [0.1, 0.15) is 11.5 Å². The van der Waals surface area contributed by atoms with Crippen molar-refractivity contribution in [3.63, 3.8) is 0 Å². The fourth-order valence-electron chi connectivity index (χ4n) is 6.07. The lowest BCUT2D eigenvalue weighted by Gasteiger charge is -2.41. The fraction of sp³-hybridized carbons (Fsp3) is 0.533. The van der Waals surface area contributed by atoms with Gasteiger partial charge in [-0.25, -0.2) is 9.59 Å². The van der Waals surface area contributed by atoms with Crippen LogP contribution in [0.15, 0.2) is 24.3 Å². The first-order valence-corrected chi connectivity index (χ1v) is 12.9. The number of aliphatic hydroxyl groups excluding tert-OH is 2. The van der Waals surface area contributed by atoms with Crippen LogP contribution in [0.1, 0.15) is 121 Å². The summed E-state index contributed by atoms with van der Waals surface area (Å²) in [5, 5.41) is 21.4. The summed E-state index contributed by atoms with van der Waals surface area (Å²) in [6.07, 6.45) is 2.34. The Bertz CT molecular complexity index is 1170. The molecular weight excluding hydrogens is 456 g/mol. The molecule has 2 N–H and O–H groups in total. The van der Waals surface area contributed by atoms with Gasteiger partial charge in [0.25, 0.3) is 0 Å². The van der Waals surface area contributed by atoms with Gasteiger partial charge in [0.2, 0.25) is 0 Å². The van der Waals surface area contributed by atoms with E-state index in [0.29, 0.717) is 22.6 Å². The van der Waals surface area contributed by atoms with Gasteiger partial charge in [-0.05, 0) is 46.9 Å². The lowest BCUT2D eigenvalue weighted by molar-refractivity contribution is -0.141. The zero-order chi connectivity index (χ0) is 26.2. The molecule has 2 aliphatic heterocycles. The standard InChI is InChI=1S/C30H36O6.H2/c1-28(2,3)20-14-16(12-18-22(31)26(33)35-24(18)20)30(10-8-7-9-11-30)17-13-19-23(32)27(34)36-25(19)21(15-17)29(4,5)6;/h12-15,22-23,31-32H,7-11H2,1-6H3;1H. The van der Waals surface area contributed by atoms with Crippen LogP contribution in [-0.4, -0.2) is 22.2 Å². The summed E-state index contributed by atoms with van der Waals surface area (Å²) < 4.78 is 11.1. The van der Waals surface area contributed by atoms with Gasteiger partial charge in [-0.1, -0.05) is 72.9 Å². The minimum atomic E-state index is -1.31. The average molecular weight is 495 g/mol. The number of hydrogen-bond acceptors (Lipinski definition) is 6. The van der Waals surface area contributed by atoms with Crippen molar-refractivity contribution in [2.45, 2.75) is 102 Å². The highest BCUT2D eigenvalue weighted by molar-refractivity contribution is 5.86. The summed E-state index contributed by atoms with van der Waals surface area (Å²) in [7, 11) is 0. The van der Waals surface area contributed by atoms with Gasteiger partial charge >= 0.3 is 11.9 Å². The van der Waals surface area contributed by atoms with Gasteiger partial charge in [-0.15, -0.1) is 0 Å². The molecule has 1 fully saturated rings. The molecular formula is C30H38O6. The fourth-order valence-corrected chi connectivity index (χ4v) is 6.07. The molecule has 2 heterocycles. The van der Waals surface area contributed by atoms with E-state index in [0.717, 1.165) is 54.4 Å². The predicted octanol–water partition coefficient (Wildman–Crippen LogP) is 5.68. The van der Waals surface area contributed by atoms with E-state index in [1.807, 2.05) is 12.1 Å². The van der Waals surface area contributed by atoms with Crippen LogP contribution in [0.3, 0.4) is 0 Å². The number of aliphatic hydroxyl groups is 2. The van der Waals surface area contributed by atoms with E-state index in [-0.39, 0.29) is 12.3 Å². The van der Waals surface area contributed by atoms with E-state index in [1.165, 1.54) is 0 Å². The van der Waals surface area contributed by atoms with E-state index in [9.17, 15) is 19.8 Å². The monoisotopic (exact) mass is 494 g/mol. The van der Waals surface area contributed by atoms with Gasteiger partial charge in [0, 0.05) is 29.1 Å². The molecule has 5 rings (SSSR count). The first-order valence-electron chi connectivity index (χ1n) is 12.9. The highest BCUT2D eigenvalue weighted by atomic mass is 16.6. The van der Waals surface area contributed by atoms with Crippen molar-refractivity contribution in [2.75, 3.05) is 0 Å². The first-order chi connectivity index (χ1) is 16.7. The summed E-state index contributed by atoms with van der Waals surface area (Å²) in [6.45, 7) is 12.4. The zero-order valence-corrected chi connectivity index (χ0v) is 22.0. The lowest BCUT2D eigenvalue weighted by atomic mass is 9.63. The summed E-state index contributed by atoms with van der Waals surface area (Å²) in [5.74, 6) is -0.352. The van der Waals surface area contributed by atoms with E-state index < -0.39 is 29.6 Å². The third-order valence-corrected chi connectivity index (χ3v) is 8.10. The Balaban J connectivity index is 0.00000320. The van der Waals surface area contributed by atoms with Crippen LogP contribution < -0.4 is 9.47 Å². The van der Waals surface area contributed by atoms with E-state index >= 15 is 0 Å². The van der Waals surface area contributed by atoms with Crippen molar-refractivity contribution in [3.05, 3.63) is 57.6 Å². The molecule has 0 aromatic heterocycles. The molecule has 6 nitrogen and oxygen atoms in total. The minimum absolute atomic E-state index is 0. The van der Waals surface area contributed by atoms with Crippen LogP contribution in [0.4, 0.5) is 0 Å². The molecule has 2 unspecified atom stereocenters. The molecule has 2 aromatic rings. The third-order valence-electron chi connectivity index (χ3n) is 8.10. The Hall–Kier alpha value is -2.70. The number of benzene rings is 2. The summed E-state index contributed by atoms with van der Waals surface area (Å²) in [4.78, 5) is 24.7. The summed E-state index contributed by atoms with van der Waals surface area (Å²) in [5.41, 5.74) is 3.84. The summed E-state index contributed by atoms with van der Waals surface area (Å²) >= 11 is 0. The number of esters is 2. The largest absolute Gasteiger partial charge is 0.424 e. The second-order valence-corrected chi connectivity index (χ2v) is 12.7. The number of rotatable bonds is 2. The van der Waals surface area contributed by atoms with Gasteiger partial charge in [-0.3, -0.25) is 0 Å². The maximum Gasteiger partial charge on any atom is 0.345 e. The minimum Gasteiger partial charge on any atom is -0.424 e. The molecule has 2 aromatic carbocycles. The van der Waals surface area contributed by atoms with Crippen molar-refractivity contribution < 1.29 is 30.7 Å². The van der Waals surface area contributed by atoms with Gasteiger partial charge in [-0.2, -0.15) is 0 Å². The highest BCUT2D eigenvalue weighted by Gasteiger charge is 2.44. The maximum atomic E-state index is 12.4. The normalized spacial score (nSPS) is 23.2. The Morgan fingerprint density at radius 1 is 0.722 bits per heavy atom. The van der Waals surface area contributed by atoms with E-state index in [2.05, 4.69) is 53.7 Å². The molecule has 6 heteroatoms. The third kappa shape index (κ3) is 3.77. The molecule has 3 aliphatic rings. The number of carbonyl (C=O) groups excluding carboxylic acids is 2. The number of ether oxygens (including phenoxy) is 2. The molecule has 2 atom stereocenters. The van der Waals surface area contributed by atoms with Crippen LogP contribution in [0.25, 0.3) is 0 Å². The van der Waals surface area contributed by atoms with Crippen molar-refractivity contribution in [3.8, 4) is 11.5 Å². The zero-order valence-electron chi connectivity index (χ0n) is 22.0. The van der Waals surface area contributed by atoms with Gasteiger partial charge < -0.3 is 19.7 Å². The van der Waals surface area contributed by atoms with Gasteiger partial charge in [0.15, 0.2) is 12.2 Å². The first kappa shape index (κ1) is 25.0. The Kier molecular flexibility index (Phi) is 5.66. The van der Waals surface area contributed by atoms with Crippen molar-refractivity contribution in [1.29, 1.82) is 0 Å². The smallest absolute Gasteiger partial charge is 0.345 e. The van der Waals surface area contributed by atoms with Crippen LogP contribution in [0, 0.1) is 0 Å². The molecule has 0 amide bonds. The molecule has 1 saturated carbocycles. The van der Waals surface area contributed by atoms with Crippen LogP contribution in [-0.2, 0) is 25.8 Å². The lowest BCUT2D eigenvalue weighted by Crippen LogP contribution is -2.32. The van der Waals surface area contributed by atoms with Crippen molar-refractivity contribution in [2.24, 2.45) is 0 Å². The van der Waals surface area contributed by atoms with Crippen LogP contribution in [0.5, 0.6) is 11.5 Å². The molecule has 0 saturated heterocycles. The topological polar surface area (TPSA) is 93.1 Å². The SMILES string of the molecule is CC(C)(C)c1cc(C2(c3cc4c(c(C(C)(C)C)c3)OC(=O)C4O)CCCCC2)cc2c1OC(=O)C2O.[HH]. The average Bonchev–Trinajstić information content (AvgIpc) is 3.26. The Morgan fingerprint density at radius 3 is 1.47 bits per heavy atom. The molecule has 0 bridgehead atoms. The quantitative estimate of drug-likeness (QED) is 0.412. The van der Waals surface area contributed by atoms with E-state index in [1.54, 1.807) is 0 Å². The molecule has 0 radical (unpaired) electrons. The van der Waals surface area contributed by atoms with Crippen LogP contribution in [0.2, 0.25) is 0 Å². The van der Waals surface area contributed by atoms with Gasteiger partial charge in [0.05, 0.1) is 0 Å². The molecule has 36 heavy (non-hydrogen) atoms. The predicted molar refractivity (Wildman–Crippen MR) is 137 cm³/mol. The number of carbonyl (C=O) groups is 2. The second-order valence-electron chi connectivity index (χ2n) is 12.7. The Morgan fingerprint density at radius 2 is 1.11 bits per heavy atom. The number of hydrogen-bond donors (Lipinski definition) is 2. The van der Waals surface area contributed by atoms with Crippen molar-refractivity contribution in [1.82, 2.24) is 0 Å². The Labute approximate surface area is 214 Å². The van der Waals surface area contributed by atoms with Crippen LogP contribution >= 0.6 is 0 Å².